The van der Waals surface area contributed by atoms with E-state index in [1.807, 2.05) is 11.0 Å². The lowest BCUT2D eigenvalue weighted by atomic mass is 10.2. The SMILES string of the molecule is CCOC(=O)c1ccc(N2CCN(C(=O)CCSc3ccc(F)cc3)CC2)nc1. The molecule has 0 N–H and O–H groups in total. The summed E-state index contributed by atoms with van der Waals surface area (Å²) in [5.41, 5.74) is 0.433. The molecule has 0 bridgehead atoms. The van der Waals surface area contributed by atoms with E-state index >= 15 is 0 Å². The zero-order valence-electron chi connectivity index (χ0n) is 16.3. The highest BCUT2D eigenvalue weighted by molar-refractivity contribution is 7.99. The van der Waals surface area contributed by atoms with Gasteiger partial charge in [-0.2, -0.15) is 0 Å². The summed E-state index contributed by atoms with van der Waals surface area (Å²) in [6.45, 7) is 4.77. The largest absolute Gasteiger partial charge is 0.462 e. The van der Waals surface area contributed by atoms with E-state index < -0.39 is 0 Å². The van der Waals surface area contributed by atoms with Crippen molar-refractivity contribution in [1.82, 2.24) is 9.88 Å². The molecule has 1 fully saturated rings. The number of rotatable bonds is 7. The van der Waals surface area contributed by atoms with Crippen LogP contribution in [0.25, 0.3) is 0 Å². The number of ether oxygens (including phenoxy) is 1. The highest BCUT2D eigenvalue weighted by Gasteiger charge is 2.22. The van der Waals surface area contributed by atoms with E-state index in [1.165, 1.54) is 18.3 Å². The predicted molar refractivity (Wildman–Crippen MR) is 111 cm³/mol. The van der Waals surface area contributed by atoms with Crippen LogP contribution in [0.5, 0.6) is 0 Å². The maximum Gasteiger partial charge on any atom is 0.339 e. The van der Waals surface area contributed by atoms with Gasteiger partial charge in [-0.25, -0.2) is 14.2 Å². The van der Waals surface area contributed by atoms with Gasteiger partial charge in [-0.05, 0) is 43.3 Å². The van der Waals surface area contributed by atoms with Gasteiger partial charge >= 0.3 is 5.97 Å². The fraction of sp³-hybridized carbons (Fsp3) is 0.381. The second-order valence-electron chi connectivity index (χ2n) is 6.55. The van der Waals surface area contributed by atoms with Gasteiger partial charge in [0.25, 0.3) is 0 Å². The third kappa shape index (κ3) is 5.93. The summed E-state index contributed by atoms with van der Waals surface area (Å²) in [7, 11) is 0. The summed E-state index contributed by atoms with van der Waals surface area (Å²) >= 11 is 1.55. The van der Waals surface area contributed by atoms with Crippen LogP contribution in [0, 0.1) is 5.82 Å². The second-order valence-corrected chi connectivity index (χ2v) is 7.71. The number of benzene rings is 1. The van der Waals surface area contributed by atoms with Crippen LogP contribution in [0.15, 0.2) is 47.5 Å². The van der Waals surface area contributed by atoms with Crippen molar-refractivity contribution in [2.75, 3.05) is 43.4 Å². The van der Waals surface area contributed by atoms with E-state index in [0.717, 1.165) is 10.7 Å². The predicted octanol–water partition coefficient (Wildman–Crippen LogP) is 3.23. The third-order valence-corrected chi connectivity index (χ3v) is 5.63. The van der Waals surface area contributed by atoms with Crippen LogP contribution in [0.3, 0.4) is 0 Å². The first kappa shape index (κ1) is 21.1. The third-order valence-electron chi connectivity index (χ3n) is 4.61. The van der Waals surface area contributed by atoms with E-state index in [2.05, 4.69) is 9.88 Å². The van der Waals surface area contributed by atoms with Crippen molar-refractivity contribution < 1.29 is 18.7 Å². The van der Waals surface area contributed by atoms with Gasteiger partial charge < -0.3 is 14.5 Å². The first-order valence-electron chi connectivity index (χ1n) is 9.61. The number of thioether (sulfide) groups is 1. The summed E-state index contributed by atoms with van der Waals surface area (Å²) in [6, 6.07) is 9.83. The van der Waals surface area contributed by atoms with Crippen molar-refractivity contribution in [2.45, 2.75) is 18.2 Å². The molecule has 154 valence electrons. The number of esters is 1. The Hall–Kier alpha value is -2.61. The number of hydrogen-bond donors (Lipinski definition) is 0. The molecule has 0 aliphatic carbocycles. The Morgan fingerprint density at radius 3 is 2.45 bits per heavy atom. The summed E-state index contributed by atoms with van der Waals surface area (Å²) in [6.07, 6.45) is 1.98. The maximum absolute atomic E-state index is 12.9. The molecule has 2 aromatic rings. The van der Waals surface area contributed by atoms with E-state index in [4.69, 9.17) is 4.74 Å². The smallest absolute Gasteiger partial charge is 0.339 e. The quantitative estimate of drug-likeness (QED) is 0.509. The molecule has 0 spiro atoms. The molecule has 0 saturated carbocycles. The minimum absolute atomic E-state index is 0.130. The molecule has 0 atom stereocenters. The Kier molecular flexibility index (Phi) is 7.46. The lowest BCUT2D eigenvalue weighted by Gasteiger charge is -2.35. The number of pyridine rings is 1. The lowest BCUT2D eigenvalue weighted by Crippen LogP contribution is -2.49. The molecule has 6 nitrogen and oxygen atoms in total. The molecule has 0 unspecified atom stereocenters. The van der Waals surface area contributed by atoms with Gasteiger partial charge in [0.05, 0.1) is 12.2 Å². The van der Waals surface area contributed by atoms with Gasteiger partial charge in [0.15, 0.2) is 0 Å². The molecule has 2 heterocycles. The zero-order valence-corrected chi connectivity index (χ0v) is 17.2. The maximum atomic E-state index is 12.9. The van der Waals surface area contributed by atoms with Crippen molar-refractivity contribution in [3.05, 3.63) is 54.0 Å². The zero-order chi connectivity index (χ0) is 20.6. The summed E-state index contributed by atoms with van der Waals surface area (Å²) in [5, 5.41) is 0. The number of halogens is 1. The number of hydrogen-bond acceptors (Lipinski definition) is 6. The van der Waals surface area contributed by atoms with Crippen LogP contribution in [-0.2, 0) is 9.53 Å². The summed E-state index contributed by atoms with van der Waals surface area (Å²) in [4.78, 5) is 33.4. The number of anilines is 1. The van der Waals surface area contributed by atoms with Crippen LogP contribution >= 0.6 is 11.8 Å². The van der Waals surface area contributed by atoms with Crippen LogP contribution in [0.4, 0.5) is 10.2 Å². The number of amides is 1. The summed E-state index contributed by atoms with van der Waals surface area (Å²) in [5.74, 6) is 0.956. The second kappa shape index (κ2) is 10.2. The minimum Gasteiger partial charge on any atom is -0.462 e. The van der Waals surface area contributed by atoms with Crippen LogP contribution in [-0.4, -0.2) is 60.3 Å². The van der Waals surface area contributed by atoms with Crippen molar-refractivity contribution in [3.8, 4) is 0 Å². The topological polar surface area (TPSA) is 62.7 Å². The fourth-order valence-electron chi connectivity index (χ4n) is 3.04. The van der Waals surface area contributed by atoms with Crippen LogP contribution in [0.1, 0.15) is 23.7 Å². The number of nitrogens with zero attached hydrogens (tertiary/aromatic N) is 3. The number of carbonyl (C=O) groups is 2. The Bertz CT molecular complexity index is 822. The van der Waals surface area contributed by atoms with Crippen LogP contribution in [0.2, 0.25) is 0 Å². The Morgan fingerprint density at radius 2 is 1.83 bits per heavy atom. The highest BCUT2D eigenvalue weighted by Crippen LogP contribution is 2.20. The van der Waals surface area contributed by atoms with Crippen LogP contribution < -0.4 is 4.90 Å². The van der Waals surface area contributed by atoms with Gasteiger partial charge in [0.2, 0.25) is 5.91 Å². The molecule has 0 radical (unpaired) electrons. The highest BCUT2D eigenvalue weighted by atomic mass is 32.2. The Labute approximate surface area is 174 Å². The molecular formula is C21H24FN3O3S. The monoisotopic (exact) mass is 417 g/mol. The first-order valence-corrected chi connectivity index (χ1v) is 10.6. The molecule has 1 aromatic carbocycles. The van der Waals surface area contributed by atoms with Gasteiger partial charge in [-0.1, -0.05) is 0 Å². The van der Waals surface area contributed by atoms with Gasteiger partial charge in [0.1, 0.15) is 11.6 Å². The summed E-state index contributed by atoms with van der Waals surface area (Å²) < 4.78 is 17.9. The normalized spacial score (nSPS) is 14.0. The molecule has 8 heteroatoms. The number of aromatic nitrogens is 1. The van der Waals surface area contributed by atoms with E-state index in [9.17, 15) is 14.0 Å². The number of piperazine rings is 1. The average Bonchev–Trinajstić information content (AvgIpc) is 2.75. The average molecular weight is 418 g/mol. The Morgan fingerprint density at radius 1 is 1.10 bits per heavy atom. The van der Waals surface area contributed by atoms with Crippen molar-refractivity contribution in [1.29, 1.82) is 0 Å². The fourth-order valence-corrected chi connectivity index (χ4v) is 3.88. The van der Waals surface area contributed by atoms with E-state index in [-0.39, 0.29) is 17.7 Å². The van der Waals surface area contributed by atoms with Gasteiger partial charge in [0, 0.05) is 49.4 Å². The standard InChI is InChI=1S/C21H24FN3O3S/c1-2-28-21(27)16-3-8-19(23-15-16)24-10-12-25(13-11-24)20(26)9-14-29-18-6-4-17(22)5-7-18/h3-8,15H,2,9-14H2,1H3. The molecule has 1 aliphatic rings. The first-order chi connectivity index (χ1) is 14.1. The Balaban J connectivity index is 1.43. The van der Waals surface area contributed by atoms with Crippen molar-refractivity contribution in [3.63, 3.8) is 0 Å². The molecule has 29 heavy (non-hydrogen) atoms. The van der Waals surface area contributed by atoms with Crippen molar-refractivity contribution in [2.24, 2.45) is 0 Å². The molecule has 3 rings (SSSR count). The van der Waals surface area contributed by atoms with Crippen molar-refractivity contribution >= 4 is 29.5 Å². The lowest BCUT2D eigenvalue weighted by molar-refractivity contribution is -0.131. The number of carbonyl (C=O) groups excluding carboxylic acids is 2. The molecule has 1 amide bonds. The van der Waals surface area contributed by atoms with E-state index in [1.54, 1.807) is 36.9 Å². The molecular weight excluding hydrogens is 393 g/mol. The van der Waals surface area contributed by atoms with Gasteiger partial charge in [-0.3, -0.25) is 4.79 Å². The molecule has 1 aliphatic heterocycles. The van der Waals surface area contributed by atoms with Gasteiger partial charge in [-0.15, -0.1) is 11.8 Å². The molecule has 1 saturated heterocycles. The molecule has 1 aromatic heterocycles. The van der Waals surface area contributed by atoms with E-state index in [0.29, 0.717) is 50.5 Å². The minimum atomic E-state index is -0.375.